The molecule has 2 aromatic rings. The third-order valence-corrected chi connectivity index (χ3v) is 4.75. The van der Waals surface area contributed by atoms with E-state index in [4.69, 9.17) is 4.74 Å². The van der Waals surface area contributed by atoms with Gasteiger partial charge >= 0.3 is 5.69 Å². The molecule has 3 rings (SSSR count). The van der Waals surface area contributed by atoms with Crippen LogP contribution in [0.25, 0.3) is 11.3 Å². The number of benzene rings is 1. The molecule has 5 heteroatoms. The fourth-order valence-corrected chi connectivity index (χ4v) is 3.30. The number of hydrogen-bond acceptors (Lipinski definition) is 3. The predicted molar refractivity (Wildman–Crippen MR) is 92.0 cm³/mol. The molecule has 0 unspecified atom stereocenters. The van der Waals surface area contributed by atoms with Gasteiger partial charge < -0.3 is 14.6 Å². The van der Waals surface area contributed by atoms with Gasteiger partial charge in [-0.2, -0.15) is 0 Å². The van der Waals surface area contributed by atoms with E-state index in [0.717, 1.165) is 42.9 Å². The number of hydrogen-bond donors (Lipinski definition) is 1. The molecule has 1 aromatic heterocycles. The monoisotopic (exact) mass is 315 g/mol. The van der Waals surface area contributed by atoms with Gasteiger partial charge in [0, 0.05) is 36.9 Å². The molecule has 1 aromatic carbocycles. The van der Waals surface area contributed by atoms with Crippen LogP contribution < -0.4 is 10.4 Å². The third kappa shape index (κ3) is 3.34. The van der Waals surface area contributed by atoms with Gasteiger partial charge in [-0.05, 0) is 38.8 Å². The number of aromatic amines is 1. The van der Waals surface area contributed by atoms with Crippen LogP contribution in [0.4, 0.5) is 0 Å². The summed E-state index contributed by atoms with van der Waals surface area (Å²) < 4.78 is 7.13. The average molecular weight is 315 g/mol. The Hall–Kier alpha value is -2.01. The molecular formula is C18H25N3O2. The summed E-state index contributed by atoms with van der Waals surface area (Å²) in [5, 5.41) is 0. The molecule has 1 aliphatic heterocycles. The molecule has 0 atom stereocenters. The Kier molecular flexibility index (Phi) is 4.57. The molecule has 0 aliphatic carbocycles. The maximum atomic E-state index is 12.3. The Morgan fingerprint density at radius 2 is 2.00 bits per heavy atom. The Balaban J connectivity index is 1.80. The first-order chi connectivity index (χ1) is 11.1. The smallest absolute Gasteiger partial charge is 0.326 e. The van der Waals surface area contributed by atoms with Crippen LogP contribution in [0.3, 0.4) is 0 Å². The second-order valence-electron chi connectivity index (χ2n) is 6.47. The highest BCUT2D eigenvalue weighted by molar-refractivity contribution is 5.60. The van der Waals surface area contributed by atoms with E-state index in [9.17, 15) is 4.79 Å². The van der Waals surface area contributed by atoms with E-state index >= 15 is 0 Å². The molecule has 124 valence electrons. The first-order valence-electron chi connectivity index (χ1n) is 8.28. The number of imidazole rings is 1. The predicted octanol–water partition coefficient (Wildman–Crippen LogP) is 2.90. The summed E-state index contributed by atoms with van der Waals surface area (Å²) in [4.78, 5) is 17.8. The van der Waals surface area contributed by atoms with Crippen molar-refractivity contribution in [1.82, 2.24) is 14.5 Å². The standard InChI is InChI=1S/C18H25N3O2/c1-13(2)20-9-7-15(8-10-20)21-12-17(19-18(21)22)14-5-4-6-16(11-14)23-3/h4-6,11-13,15H,7-10H2,1-3H3,(H,19,22). The Labute approximate surface area is 136 Å². The van der Waals surface area contributed by atoms with Gasteiger partial charge in [0.15, 0.2) is 0 Å². The molecule has 2 heterocycles. The summed E-state index contributed by atoms with van der Waals surface area (Å²) in [7, 11) is 1.65. The first-order valence-corrected chi connectivity index (χ1v) is 8.28. The minimum Gasteiger partial charge on any atom is -0.497 e. The van der Waals surface area contributed by atoms with Crippen LogP contribution in [0.1, 0.15) is 32.7 Å². The number of likely N-dealkylation sites (tertiary alicyclic amines) is 1. The highest BCUT2D eigenvalue weighted by Crippen LogP contribution is 2.26. The molecule has 0 spiro atoms. The lowest BCUT2D eigenvalue weighted by Gasteiger charge is -2.34. The molecule has 1 aliphatic rings. The minimum absolute atomic E-state index is 0.0224. The highest BCUT2D eigenvalue weighted by Gasteiger charge is 2.23. The number of H-pyrrole nitrogens is 1. The van der Waals surface area contributed by atoms with E-state index in [0.29, 0.717) is 6.04 Å². The summed E-state index contributed by atoms with van der Waals surface area (Å²) >= 11 is 0. The molecule has 1 saturated heterocycles. The molecule has 5 nitrogen and oxygen atoms in total. The van der Waals surface area contributed by atoms with Crippen LogP contribution in [0.15, 0.2) is 35.3 Å². The lowest BCUT2D eigenvalue weighted by Crippen LogP contribution is -2.40. The van der Waals surface area contributed by atoms with Crippen molar-refractivity contribution in [2.45, 2.75) is 38.8 Å². The lowest BCUT2D eigenvalue weighted by molar-refractivity contribution is 0.151. The normalized spacial score (nSPS) is 16.9. The Morgan fingerprint density at radius 1 is 1.26 bits per heavy atom. The Bertz CT molecular complexity index is 709. The zero-order valence-corrected chi connectivity index (χ0v) is 14.1. The van der Waals surface area contributed by atoms with Gasteiger partial charge in [-0.15, -0.1) is 0 Å². The lowest BCUT2D eigenvalue weighted by atomic mass is 10.0. The molecule has 0 radical (unpaired) electrons. The summed E-state index contributed by atoms with van der Waals surface area (Å²) in [5.74, 6) is 0.793. The zero-order chi connectivity index (χ0) is 16.4. The van der Waals surface area contributed by atoms with Crippen molar-refractivity contribution in [2.75, 3.05) is 20.2 Å². The Morgan fingerprint density at radius 3 is 2.65 bits per heavy atom. The minimum atomic E-state index is -0.0224. The zero-order valence-electron chi connectivity index (χ0n) is 14.1. The van der Waals surface area contributed by atoms with Crippen molar-refractivity contribution in [3.63, 3.8) is 0 Å². The van der Waals surface area contributed by atoms with Crippen molar-refractivity contribution in [2.24, 2.45) is 0 Å². The van der Waals surface area contributed by atoms with Gasteiger partial charge in [0.1, 0.15) is 5.75 Å². The van der Waals surface area contributed by atoms with Gasteiger partial charge in [0.2, 0.25) is 0 Å². The fraction of sp³-hybridized carbons (Fsp3) is 0.500. The van der Waals surface area contributed by atoms with E-state index in [1.165, 1.54) is 0 Å². The van der Waals surface area contributed by atoms with Crippen LogP contribution in [0.5, 0.6) is 5.75 Å². The second kappa shape index (κ2) is 6.62. The SMILES string of the molecule is COc1cccc(-c2cn(C3CCN(C(C)C)CC3)c(=O)[nH]2)c1. The number of nitrogens with zero attached hydrogens (tertiary/aromatic N) is 2. The maximum Gasteiger partial charge on any atom is 0.326 e. The van der Waals surface area contributed by atoms with E-state index < -0.39 is 0 Å². The van der Waals surface area contributed by atoms with Crippen LogP contribution in [0.2, 0.25) is 0 Å². The topological polar surface area (TPSA) is 50.3 Å². The first kappa shape index (κ1) is 15.9. The van der Waals surface area contributed by atoms with Gasteiger partial charge in [0.25, 0.3) is 0 Å². The number of piperidine rings is 1. The van der Waals surface area contributed by atoms with E-state index in [-0.39, 0.29) is 11.7 Å². The van der Waals surface area contributed by atoms with Gasteiger partial charge in [-0.1, -0.05) is 12.1 Å². The van der Waals surface area contributed by atoms with Crippen molar-refractivity contribution >= 4 is 0 Å². The molecular weight excluding hydrogens is 290 g/mol. The average Bonchev–Trinajstić information content (AvgIpc) is 2.97. The summed E-state index contributed by atoms with van der Waals surface area (Å²) in [6.07, 6.45) is 3.99. The molecule has 1 fully saturated rings. The fourth-order valence-electron chi connectivity index (χ4n) is 3.30. The number of aromatic nitrogens is 2. The summed E-state index contributed by atoms with van der Waals surface area (Å²) in [6.45, 7) is 6.55. The molecule has 0 bridgehead atoms. The van der Waals surface area contributed by atoms with Crippen LogP contribution >= 0.6 is 0 Å². The van der Waals surface area contributed by atoms with Crippen LogP contribution in [0, 0.1) is 0 Å². The van der Waals surface area contributed by atoms with E-state index in [1.807, 2.05) is 35.0 Å². The van der Waals surface area contributed by atoms with Gasteiger partial charge in [-0.3, -0.25) is 4.57 Å². The molecule has 0 saturated carbocycles. The largest absolute Gasteiger partial charge is 0.497 e. The summed E-state index contributed by atoms with van der Waals surface area (Å²) in [5.41, 5.74) is 1.80. The maximum absolute atomic E-state index is 12.3. The number of ether oxygens (including phenoxy) is 1. The van der Waals surface area contributed by atoms with Crippen molar-refractivity contribution in [3.8, 4) is 17.0 Å². The van der Waals surface area contributed by atoms with Crippen molar-refractivity contribution in [1.29, 1.82) is 0 Å². The quantitative estimate of drug-likeness (QED) is 0.944. The molecule has 0 amide bonds. The van der Waals surface area contributed by atoms with E-state index in [1.54, 1.807) is 7.11 Å². The number of methoxy groups -OCH3 is 1. The van der Waals surface area contributed by atoms with Crippen molar-refractivity contribution in [3.05, 3.63) is 40.9 Å². The number of rotatable bonds is 4. The van der Waals surface area contributed by atoms with Crippen LogP contribution in [-0.2, 0) is 0 Å². The molecule has 1 N–H and O–H groups in total. The van der Waals surface area contributed by atoms with Gasteiger partial charge in [-0.25, -0.2) is 4.79 Å². The van der Waals surface area contributed by atoms with Gasteiger partial charge in [0.05, 0.1) is 12.8 Å². The summed E-state index contributed by atoms with van der Waals surface area (Å²) in [6, 6.07) is 8.63. The highest BCUT2D eigenvalue weighted by atomic mass is 16.5. The molecule has 23 heavy (non-hydrogen) atoms. The second-order valence-corrected chi connectivity index (χ2v) is 6.47. The van der Waals surface area contributed by atoms with Crippen molar-refractivity contribution < 1.29 is 4.74 Å². The number of nitrogens with one attached hydrogen (secondary N) is 1. The van der Waals surface area contributed by atoms with Crippen LogP contribution in [-0.4, -0.2) is 40.7 Å². The van der Waals surface area contributed by atoms with E-state index in [2.05, 4.69) is 23.7 Å². The third-order valence-electron chi connectivity index (χ3n) is 4.75.